The van der Waals surface area contributed by atoms with Crippen molar-refractivity contribution in [2.45, 2.75) is 20.4 Å². The van der Waals surface area contributed by atoms with E-state index >= 15 is 0 Å². The third kappa shape index (κ3) is 2.71. The van der Waals surface area contributed by atoms with Crippen LogP contribution >= 0.6 is 27.5 Å². The van der Waals surface area contributed by atoms with Crippen molar-refractivity contribution in [2.24, 2.45) is 0 Å². The van der Waals surface area contributed by atoms with Gasteiger partial charge in [-0.15, -0.1) is 0 Å². The zero-order chi connectivity index (χ0) is 14.9. The fourth-order valence-electron chi connectivity index (χ4n) is 1.95. The largest absolute Gasteiger partial charge is 0.496 e. The minimum absolute atomic E-state index is 0.150. The average molecular weight is 359 g/mol. The number of pyridine rings is 1. The van der Waals surface area contributed by atoms with E-state index in [9.17, 15) is 4.79 Å². The molecule has 0 atom stereocenters. The number of nitrogens with zero attached hydrogens (tertiary/aromatic N) is 3. The van der Waals surface area contributed by atoms with E-state index in [1.54, 1.807) is 13.3 Å². The van der Waals surface area contributed by atoms with Gasteiger partial charge in [-0.25, -0.2) is 4.98 Å². The van der Waals surface area contributed by atoms with Crippen LogP contribution in [0.4, 0.5) is 0 Å². The van der Waals surface area contributed by atoms with Crippen LogP contribution in [-0.4, -0.2) is 21.6 Å². The molecule has 2 aromatic heterocycles. The number of methoxy groups -OCH3 is 1. The molecule has 2 heterocycles. The lowest BCUT2D eigenvalue weighted by molar-refractivity contribution is 0.406. The predicted octanol–water partition coefficient (Wildman–Crippen LogP) is 2.73. The summed E-state index contributed by atoms with van der Waals surface area (Å²) in [5.41, 5.74) is 2.37. The standard InChI is InChI=1S/C13H13BrClN3O2/c1-7-4-16-9(8(2)11(7)20-3)5-18-6-17-12(15)10(14)13(18)19/h4,6H,5H2,1-3H3. The van der Waals surface area contributed by atoms with Crippen LogP contribution in [0.2, 0.25) is 5.15 Å². The van der Waals surface area contributed by atoms with Crippen LogP contribution in [0.25, 0.3) is 0 Å². The van der Waals surface area contributed by atoms with Crippen LogP contribution in [0.5, 0.6) is 5.75 Å². The Balaban J connectivity index is 2.46. The first-order valence-electron chi connectivity index (χ1n) is 5.85. The molecule has 0 aliphatic rings. The van der Waals surface area contributed by atoms with Gasteiger partial charge in [0.15, 0.2) is 5.15 Å². The van der Waals surface area contributed by atoms with E-state index in [4.69, 9.17) is 16.3 Å². The molecule has 0 amide bonds. The molecule has 0 radical (unpaired) electrons. The lowest BCUT2D eigenvalue weighted by atomic mass is 10.1. The number of aryl methyl sites for hydroxylation is 1. The highest BCUT2D eigenvalue weighted by molar-refractivity contribution is 9.10. The Bertz CT molecular complexity index is 715. The highest BCUT2D eigenvalue weighted by Crippen LogP contribution is 2.24. The van der Waals surface area contributed by atoms with Gasteiger partial charge in [0.25, 0.3) is 5.56 Å². The first kappa shape index (κ1) is 15.0. The molecular formula is C13H13BrClN3O2. The lowest BCUT2D eigenvalue weighted by Crippen LogP contribution is -2.23. The van der Waals surface area contributed by atoms with Crippen molar-refractivity contribution in [1.29, 1.82) is 0 Å². The Morgan fingerprint density at radius 1 is 1.40 bits per heavy atom. The summed E-state index contributed by atoms with van der Waals surface area (Å²) in [7, 11) is 1.62. The fourth-order valence-corrected chi connectivity index (χ4v) is 2.40. The predicted molar refractivity (Wildman–Crippen MR) is 80.6 cm³/mol. The molecule has 20 heavy (non-hydrogen) atoms. The van der Waals surface area contributed by atoms with Crippen LogP contribution in [0.15, 0.2) is 21.8 Å². The van der Waals surface area contributed by atoms with Gasteiger partial charge in [0.2, 0.25) is 0 Å². The molecule has 7 heteroatoms. The second-order valence-electron chi connectivity index (χ2n) is 4.33. The summed E-state index contributed by atoms with van der Waals surface area (Å²) in [6.45, 7) is 4.15. The molecule has 0 aromatic carbocycles. The normalized spacial score (nSPS) is 10.7. The molecule has 0 bridgehead atoms. The summed E-state index contributed by atoms with van der Waals surface area (Å²) in [4.78, 5) is 20.4. The molecule has 0 N–H and O–H groups in total. The van der Waals surface area contributed by atoms with Crippen LogP contribution in [0, 0.1) is 13.8 Å². The zero-order valence-corrected chi connectivity index (χ0v) is 13.6. The molecule has 2 aromatic rings. The summed E-state index contributed by atoms with van der Waals surface area (Å²) in [5, 5.41) is 0.150. The molecule has 0 saturated heterocycles. The van der Waals surface area contributed by atoms with E-state index < -0.39 is 0 Å². The molecule has 0 aliphatic carbocycles. The van der Waals surface area contributed by atoms with Gasteiger partial charge in [-0.2, -0.15) is 0 Å². The van der Waals surface area contributed by atoms with Gasteiger partial charge in [-0.05, 0) is 29.8 Å². The number of aromatic nitrogens is 3. The van der Waals surface area contributed by atoms with Crippen LogP contribution in [-0.2, 0) is 6.54 Å². The number of halogens is 2. The Kier molecular flexibility index (Phi) is 4.45. The zero-order valence-electron chi connectivity index (χ0n) is 11.3. The Morgan fingerprint density at radius 2 is 2.10 bits per heavy atom. The highest BCUT2D eigenvalue weighted by atomic mass is 79.9. The first-order valence-corrected chi connectivity index (χ1v) is 7.02. The number of ether oxygens (including phenoxy) is 1. The lowest BCUT2D eigenvalue weighted by Gasteiger charge is -2.13. The van der Waals surface area contributed by atoms with Crippen molar-refractivity contribution < 1.29 is 4.74 Å². The van der Waals surface area contributed by atoms with Crippen LogP contribution in [0.1, 0.15) is 16.8 Å². The third-order valence-corrected chi connectivity index (χ3v) is 4.24. The van der Waals surface area contributed by atoms with E-state index in [0.29, 0.717) is 6.54 Å². The number of hydrogen-bond acceptors (Lipinski definition) is 4. The summed E-state index contributed by atoms with van der Waals surface area (Å²) in [6.07, 6.45) is 3.13. The maximum Gasteiger partial charge on any atom is 0.269 e. The van der Waals surface area contributed by atoms with Gasteiger partial charge >= 0.3 is 0 Å². The van der Waals surface area contributed by atoms with Crippen LogP contribution < -0.4 is 10.3 Å². The second kappa shape index (κ2) is 5.93. The summed E-state index contributed by atoms with van der Waals surface area (Å²) in [6, 6.07) is 0. The maximum absolute atomic E-state index is 12.1. The second-order valence-corrected chi connectivity index (χ2v) is 5.48. The molecule has 0 fully saturated rings. The maximum atomic E-state index is 12.1. The van der Waals surface area contributed by atoms with Crippen LogP contribution in [0.3, 0.4) is 0 Å². The molecule has 0 saturated carbocycles. The third-order valence-electron chi connectivity index (χ3n) is 3.01. The van der Waals surface area contributed by atoms with E-state index in [-0.39, 0.29) is 15.2 Å². The van der Waals surface area contributed by atoms with Gasteiger partial charge in [0.05, 0.1) is 25.7 Å². The highest BCUT2D eigenvalue weighted by Gasteiger charge is 2.12. The van der Waals surface area contributed by atoms with Crippen molar-refractivity contribution in [2.75, 3.05) is 7.11 Å². The van der Waals surface area contributed by atoms with E-state index in [1.807, 2.05) is 13.8 Å². The minimum atomic E-state index is -0.245. The van der Waals surface area contributed by atoms with Crippen molar-refractivity contribution in [3.63, 3.8) is 0 Å². The average Bonchev–Trinajstić information content (AvgIpc) is 2.43. The van der Waals surface area contributed by atoms with Gasteiger partial charge in [0.1, 0.15) is 10.2 Å². The van der Waals surface area contributed by atoms with E-state index in [2.05, 4.69) is 25.9 Å². The molecular weight excluding hydrogens is 346 g/mol. The summed E-state index contributed by atoms with van der Waals surface area (Å²) in [5.74, 6) is 0.782. The van der Waals surface area contributed by atoms with Crippen molar-refractivity contribution in [3.05, 3.63) is 49.3 Å². The Hall–Kier alpha value is -1.40. The molecule has 0 unspecified atom stereocenters. The van der Waals surface area contributed by atoms with Gasteiger partial charge in [-0.3, -0.25) is 14.3 Å². The number of hydrogen-bond donors (Lipinski definition) is 0. The van der Waals surface area contributed by atoms with Crippen molar-refractivity contribution in [3.8, 4) is 5.75 Å². The summed E-state index contributed by atoms with van der Waals surface area (Å²) >= 11 is 8.91. The molecule has 0 spiro atoms. The smallest absolute Gasteiger partial charge is 0.269 e. The Labute approximate surface area is 129 Å². The molecule has 106 valence electrons. The van der Waals surface area contributed by atoms with Crippen molar-refractivity contribution >= 4 is 27.5 Å². The van der Waals surface area contributed by atoms with E-state index in [0.717, 1.165) is 22.6 Å². The summed E-state index contributed by atoms with van der Waals surface area (Å²) < 4.78 is 7.05. The monoisotopic (exact) mass is 357 g/mol. The minimum Gasteiger partial charge on any atom is -0.496 e. The molecule has 0 aliphatic heterocycles. The SMILES string of the molecule is COc1c(C)cnc(Cn2cnc(Cl)c(Br)c2=O)c1C. The molecule has 5 nitrogen and oxygen atoms in total. The Morgan fingerprint density at radius 3 is 2.75 bits per heavy atom. The first-order chi connectivity index (χ1) is 9.45. The van der Waals surface area contributed by atoms with Gasteiger partial charge in [0, 0.05) is 17.3 Å². The van der Waals surface area contributed by atoms with Gasteiger partial charge < -0.3 is 4.74 Å². The quantitative estimate of drug-likeness (QED) is 0.792. The topological polar surface area (TPSA) is 57.0 Å². The van der Waals surface area contributed by atoms with Crippen molar-refractivity contribution in [1.82, 2.24) is 14.5 Å². The fraction of sp³-hybridized carbons (Fsp3) is 0.308. The molecule has 2 rings (SSSR count). The van der Waals surface area contributed by atoms with Gasteiger partial charge in [-0.1, -0.05) is 11.6 Å². The van der Waals surface area contributed by atoms with E-state index in [1.165, 1.54) is 10.9 Å². The number of rotatable bonds is 3.